The molecule has 3 rings (SSSR count). The number of carbonyl (C=O) groups is 3. The average Bonchev–Trinajstić information content (AvgIpc) is 3.05. The summed E-state index contributed by atoms with van der Waals surface area (Å²) < 4.78 is 5.86. The lowest BCUT2D eigenvalue weighted by Gasteiger charge is -2.07. The lowest BCUT2D eigenvalue weighted by molar-refractivity contribution is -0.144. The van der Waals surface area contributed by atoms with Crippen LogP contribution in [-0.4, -0.2) is 24.4 Å². The summed E-state index contributed by atoms with van der Waals surface area (Å²) >= 11 is 7.74. The van der Waals surface area contributed by atoms with E-state index in [-0.39, 0.29) is 0 Å². The molecule has 28 heavy (non-hydrogen) atoms. The minimum atomic E-state index is -0.696. The number of carbonyl (C=O) groups excluding carboxylic acids is 3. The van der Waals surface area contributed by atoms with Crippen molar-refractivity contribution in [3.05, 3.63) is 76.1 Å². The number of rotatable bonds is 5. The van der Waals surface area contributed by atoms with E-state index in [1.165, 1.54) is 17.4 Å². The highest BCUT2D eigenvalue weighted by molar-refractivity contribution is 7.20. The molecular weight excluding hydrogens is 400 g/mol. The Balaban J connectivity index is 1.47. The molecule has 2 amide bonds. The zero-order valence-electron chi connectivity index (χ0n) is 14.5. The molecule has 3 aromatic rings. The molecule has 0 aliphatic heterocycles. The number of hydrazine groups is 1. The smallest absolute Gasteiger partial charge is 0.331 e. The van der Waals surface area contributed by atoms with Crippen LogP contribution in [0.15, 0.2) is 60.7 Å². The minimum absolute atomic E-state index is 0.392. The summed E-state index contributed by atoms with van der Waals surface area (Å²) in [5.41, 5.74) is 4.81. The second-order valence-electron chi connectivity index (χ2n) is 5.59. The van der Waals surface area contributed by atoms with Crippen molar-refractivity contribution >= 4 is 56.9 Å². The maximum Gasteiger partial charge on any atom is 0.331 e. The fourth-order valence-electron chi connectivity index (χ4n) is 2.29. The number of nitrogens with one attached hydrogen (secondary N) is 2. The van der Waals surface area contributed by atoms with Crippen LogP contribution in [0.4, 0.5) is 0 Å². The van der Waals surface area contributed by atoms with Crippen LogP contribution >= 0.6 is 22.9 Å². The fourth-order valence-corrected chi connectivity index (χ4v) is 3.69. The van der Waals surface area contributed by atoms with Gasteiger partial charge in [0.25, 0.3) is 11.8 Å². The number of halogens is 1. The Morgan fingerprint density at radius 2 is 1.71 bits per heavy atom. The van der Waals surface area contributed by atoms with Crippen molar-refractivity contribution < 1.29 is 19.1 Å². The van der Waals surface area contributed by atoms with Crippen LogP contribution in [0.1, 0.15) is 15.2 Å². The van der Waals surface area contributed by atoms with Gasteiger partial charge in [0, 0.05) is 26.6 Å². The number of thiophene rings is 1. The number of hydrogen-bond donors (Lipinski definition) is 2. The van der Waals surface area contributed by atoms with E-state index in [0.717, 1.165) is 15.0 Å². The first-order valence-corrected chi connectivity index (χ1v) is 9.40. The van der Waals surface area contributed by atoms with Crippen molar-refractivity contribution in [2.24, 2.45) is 0 Å². The molecule has 0 aliphatic rings. The van der Waals surface area contributed by atoms with E-state index in [0.29, 0.717) is 10.6 Å². The van der Waals surface area contributed by atoms with Gasteiger partial charge < -0.3 is 4.74 Å². The molecule has 0 atom stereocenters. The van der Waals surface area contributed by atoms with Crippen LogP contribution in [0.3, 0.4) is 0 Å². The average molecular weight is 415 g/mol. The molecule has 0 aliphatic carbocycles. The lowest BCUT2D eigenvalue weighted by atomic mass is 10.2. The highest BCUT2D eigenvalue weighted by atomic mass is 35.5. The van der Waals surface area contributed by atoms with Gasteiger partial charge >= 0.3 is 5.97 Å². The van der Waals surface area contributed by atoms with Gasteiger partial charge in [-0.15, -0.1) is 11.3 Å². The number of hydrogen-bond acceptors (Lipinski definition) is 5. The number of esters is 1. The molecule has 0 spiro atoms. The molecule has 6 nitrogen and oxygen atoms in total. The summed E-state index contributed by atoms with van der Waals surface area (Å²) in [5, 5.41) is 1.47. The van der Waals surface area contributed by atoms with Gasteiger partial charge in [-0.1, -0.05) is 48.0 Å². The molecule has 142 valence electrons. The molecule has 1 aromatic heterocycles. The highest BCUT2D eigenvalue weighted by Gasteiger charge is 2.10. The van der Waals surface area contributed by atoms with E-state index >= 15 is 0 Å². The van der Waals surface area contributed by atoms with Gasteiger partial charge in [-0.05, 0) is 24.3 Å². The Morgan fingerprint density at radius 1 is 1.00 bits per heavy atom. The fraction of sp³-hybridized carbons (Fsp3) is 0.0500. The third-order valence-corrected chi connectivity index (χ3v) is 5.28. The summed E-state index contributed by atoms with van der Waals surface area (Å²) in [6, 6.07) is 16.0. The molecule has 8 heteroatoms. The SMILES string of the molecule is O=C(COC(=O)/C=C/c1sc2ccccc2c1Cl)NNC(=O)c1ccccc1. The number of ether oxygens (including phenoxy) is 1. The number of fused-ring (bicyclic) bond motifs is 1. The molecule has 0 bridgehead atoms. The molecular formula is C20H15ClN2O4S. The zero-order chi connectivity index (χ0) is 19.9. The first-order chi connectivity index (χ1) is 13.5. The Kier molecular flexibility index (Phi) is 6.41. The van der Waals surface area contributed by atoms with E-state index in [9.17, 15) is 14.4 Å². The van der Waals surface area contributed by atoms with E-state index in [1.54, 1.807) is 36.4 Å². The molecule has 0 radical (unpaired) electrons. The summed E-state index contributed by atoms with van der Waals surface area (Å²) in [6.07, 6.45) is 2.75. The third kappa shape index (κ3) is 4.97. The molecule has 0 saturated heterocycles. The van der Waals surface area contributed by atoms with Gasteiger partial charge in [-0.25, -0.2) is 4.79 Å². The summed E-state index contributed by atoms with van der Waals surface area (Å²) in [6.45, 7) is -0.529. The van der Waals surface area contributed by atoms with Crippen LogP contribution in [0, 0.1) is 0 Å². The van der Waals surface area contributed by atoms with Crippen LogP contribution < -0.4 is 10.9 Å². The van der Waals surface area contributed by atoms with Crippen molar-refractivity contribution in [3.8, 4) is 0 Å². The summed E-state index contributed by atoms with van der Waals surface area (Å²) in [7, 11) is 0. The van der Waals surface area contributed by atoms with Crippen molar-refractivity contribution in [1.82, 2.24) is 10.9 Å². The largest absolute Gasteiger partial charge is 0.452 e. The van der Waals surface area contributed by atoms with Crippen LogP contribution in [-0.2, 0) is 14.3 Å². The van der Waals surface area contributed by atoms with Gasteiger partial charge in [0.2, 0.25) is 0 Å². The van der Waals surface area contributed by atoms with Gasteiger partial charge in [0.15, 0.2) is 6.61 Å². The maximum atomic E-state index is 11.8. The van der Waals surface area contributed by atoms with Gasteiger partial charge in [-0.2, -0.15) is 0 Å². The molecule has 2 aromatic carbocycles. The third-order valence-electron chi connectivity index (χ3n) is 3.63. The topological polar surface area (TPSA) is 84.5 Å². The summed E-state index contributed by atoms with van der Waals surface area (Å²) in [4.78, 5) is 36.0. The maximum absolute atomic E-state index is 11.8. The van der Waals surface area contributed by atoms with E-state index < -0.39 is 24.4 Å². The predicted molar refractivity (Wildman–Crippen MR) is 109 cm³/mol. The van der Waals surface area contributed by atoms with Crippen molar-refractivity contribution in [3.63, 3.8) is 0 Å². The van der Waals surface area contributed by atoms with Gasteiger partial charge in [0.05, 0.1) is 5.02 Å². The molecule has 2 N–H and O–H groups in total. The van der Waals surface area contributed by atoms with Crippen molar-refractivity contribution in [2.75, 3.05) is 6.61 Å². The number of benzene rings is 2. The van der Waals surface area contributed by atoms with Crippen LogP contribution in [0.5, 0.6) is 0 Å². The first kappa shape index (κ1) is 19.6. The van der Waals surface area contributed by atoms with Crippen molar-refractivity contribution in [1.29, 1.82) is 0 Å². The molecule has 0 unspecified atom stereocenters. The zero-order valence-corrected chi connectivity index (χ0v) is 16.0. The molecule has 0 saturated carbocycles. The quantitative estimate of drug-likeness (QED) is 0.379. The number of amides is 2. The standard InChI is InChI=1S/C20H15ClN2O4S/c21-19-14-8-4-5-9-15(14)28-16(19)10-11-18(25)27-12-17(24)22-23-20(26)13-6-2-1-3-7-13/h1-11H,12H2,(H,22,24)(H,23,26)/b11-10+. The van der Waals surface area contributed by atoms with Crippen LogP contribution in [0.2, 0.25) is 5.02 Å². The van der Waals surface area contributed by atoms with Crippen molar-refractivity contribution in [2.45, 2.75) is 0 Å². The molecule has 1 heterocycles. The summed E-state index contributed by atoms with van der Waals surface area (Å²) in [5.74, 6) is -1.83. The van der Waals surface area contributed by atoms with E-state index in [2.05, 4.69) is 10.9 Å². The minimum Gasteiger partial charge on any atom is -0.452 e. The Hall–Kier alpha value is -3.16. The first-order valence-electron chi connectivity index (χ1n) is 8.20. The van der Waals surface area contributed by atoms with Crippen LogP contribution in [0.25, 0.3) is 16.2 Å². The van der Waals surface area contributed by atoms with Gasteiger partial charge in [0.1, 0.15) is 0 Å². The van der Waals surface area contributed by atoms with E-state index in [1.807, 2.05) is 24.3 Å². The Labute approximate surface area is 169 Å². The van der Waals surface area contributed by atoms with Gasteiger partial charge in [-0.3, -0.25) is 20.4 Å². The van der Waals surface area contributed by atoms with E-state index in [4.69, 9.17) is 16.3 Å². The second-order valence-corrected chi connectivity index (χ2v) is 7.05. The monoisotopic (exact) mass is 414 g/mol. The Bertz CT molecular complexity index is 1050. The normalized spacial score (nSPS) is 10.8. The second kappa shape index (κ2) is 9.16. The Morgan fingerprint density at radius 3 is 2.46 bits per heavy atom. The lowest BCUT2D eigenvalue weighted by Crippen LogP contribution is -2.43. The predicted octanol–water partition coefficient (Wildman–Crippen LogP) is 3.57. The molecule has 0 fully saturated rings. The highest BCUT2D eigenvalue weighted by Crippen LogP contribution is 2.35.